The lowest BCUT2D eigenvalue weighted by molar-refractivity contribution is 0.0659. The Hall–Kier alpha value is -0.160. The van der Waals surface area contributed by atoms with Gasteiger partial charge < -0.3 is 20.1 Å². The van der Waals surface area contributed by atoms with Gasteiger partial charge in [-0.05, 0) is 38.4 Å². The van der Waals surface area contributed by atoms with Crippen molar-refractivity contribution >= 4 is 0 Å². The molecule has 1 aliphatic rings. The van der Waals surface area contributed by atoms with Gasteiger partial charge in [-0.15, -0.1) is 0 Å². The molecule has 0 amide bonds. The van der Waals surface area contributed by atoms with Crippen LogP contribution in [0.25, 0.3) is 0 Å². The number of ether oxygens (including phenoxy) is 1. The Morgan fingerprint density at radius 3 is 2.69 bits per heavy atom. The number of aliphatic hydroxyl groups is 1. The number of likely N-dealkylation sites (tertiary alicyclic amines) is 1. The van der Waals surface area contributed by atoms with Gasteiger partial charge in [0, 0.05) is 26.8 Å². The fourth-order valence-corrected chi connectivity index (χ4v) is 2.24. The van der Waals surface area contributed by atoms with Crippen LogP contribution in [0.2, 0.25) is 0 Å². The highest BCUT2D eigenvalue weighted by Crippen LogP contribution is 2.17. The van der Waals surface area contributed by atoms with Crippen LogP contribution in [0, 0.1) is 5.92 Å². The lowest BCUT2D eigenvalue weighted by Gasteiger charge is -2.32. The van der Waals surface area contributed by atoms with E-state index < -0.39 is 0 Å². The van der Waals surface area contributed by atoms with Crippen molar-refractivity contribution < 1.29 is 9.84 Å². The van der Waals surface area contributed by atoms with E-state index in [4.69, 9.17) is 4.74 Å². The monoisotopic (exact) mass is 230 g/mol. The highest BCUT2D eigenvalue weighted by Gasteiger charge is 2.20. The van der Waals surface area contributed by atoms with Crippen LogP contribution < -0.4 is 5.32 Å². The Kier molecular flexibility index (Phi) is 6.96. The Morgan fingerprint density at radius 1 is 1.44 bits per heavy atom. The first-order valence-corrected chi connectivity index (χ1v) is 6.36. The van der Waals surface area contributed by atoms with E-state index in [0.717, 1.165) is 32.8 Å². The molecule has 4 nitrogen and oxygen atoms in total. The van der Waals surface area contributed by atoms with Gasteiger partial charge in [-0.2, -0.15) is 0 Å². The largest absolute Gasteiger partial charge is 0.390 e. The second kappa shape index (κ2) is 8.01. The zero-order valence-corrected chi connectivity index (χ0v) is 10.6. The van der Waals surface area contributed by atoms with Crippen molar-refractivity contribution in [2.24, 2.45) is 5.92 Å². The fourth-order valence-electron chi connectivity index (χ4n) is 2.24. The summed E-state index contributed by atoms with van der Waals surface area (Å²) in [5.41, 5.74) is 0. The first kappa shape index (κ1) is 13.9. The van der Waals surface area contributed by atoms with E-state index in [1.165, 1.54) is 12.8 Å². The van der Waals surface area contributed by atoms with E-state index in [1.54, 1.807) is 7.11 Å². The van der Waals surface area contributed by atoms with Crippen molar-refractivity contribution in [1.29, 1.82) is 0 Å². The van der Waals surface area contributed by atoms with E-state index in [-0.39, 0.29) is 6.10 Å². The van der Waals surface area contributed by atoms with Crippen molar-refractivity contribution in [2.45, 2.75) is 25.9 Å². The molecule has 1 heterocycles. The maximum atomic E-state index is 9.77. The predicted octanol–water partition coefficient (Wildman–Crippen LogP) is 0.315. The number of piperidine rings is 1. The first-order valence-electron chi connectivity index (χ1n) is 6.36. The van der Waals surface area contributed by atoms with Gasteiger partial charge in [0.15, 0.2) is 0 Å². The molecule has 0 spiro atoms. The molecule has 0 aliphatic carbocycles. The molecule has 1 fully saturated rings. The first-order chi connectivity index (χ1) is 7.76. The summed E-state index contributed by atoms with van der Waals surface area (Å²) >= 11 is 0. The van der Waals surface area contributed by atoms with E-state index in [1.807, 2.05) is 0 Å². The van der Waals surface area contributed by atoms with E-state index in [0.29, 0.717) is 12.5 Å². The lowest BCUT2D eigenvalue weighted by atomic mass is 9.97. The lowest BCUT2D eigenvalue weighted by Crippen LogP contribution is -2.42. The summed E-state index contributed by atoms with van der Waals surface area (Å²) in [4.78, 5) is 2.36. The average Bonchev–Trinajstić information content (AvgIpc) is 2.29. The molecule has 0 saturated carbocycles. The van der Waals surface area contributed by atoms with Crippen molar-refractivity contribution in [1.82, 2.24) is 10.2 Å². The van der Waals surface area contributed by atoms with Crippen LogP contribution in [0.15, 0.2) is 0 Å². The van der Waals surface area contributed by atoms with Crippen LogP contribution in [-0.4, -0.2) is 62.6 Å². The van der Waals surface area contributed by atoms with Crippen LogP contribution >= 0.6 is 0 Å². The molecule has 1 saturated heterocycles. The smallest absolute Gasteiger partial charge is 0.0791 e. The molecule has 0 aromatic rings. The van der Waals surface area contributed by atoms with Gasteiger partial charge >= 0.3 is 0 Å². The molecule has 96 valence electrons. The standard InChI is InChI=1S/C12H26N2O2/c1-3-13-8-12(15)9-14-6-4-11(5-7-14)10-16-2/h11-13,15H,3-10H2,1-2H3. The number of methoxy groups -OCH3 is 1. The van der Waals surface area contributed by atoms with Gasteiger partial charge in [-0.1, -0.05) is 6.92 Å². The number of likely N-dealkylation sites (N-methyl/N-ethyl adjacent to an activating group) is 1. The molecule has 1 atom stereocenters. The van der Waals surface area contributed by atoms with Crippen LogP contribution in [0.4, 0.5) is 0 Å². The molecule has 0 aromatic heterocycles. The molecule has 16 heavy (non-hydrogen) atoms. The molecule has 1 unspecified atom stereocenters. The normalized spacial score (nSPS) is 21.2. The van der Waals surface area contributed by atoms with Crippen LogP contribution in [0.5, 0.6) is 0 Å². The summed E-state index contributed by atoms with van der Waals surface area (Å²) in [6.07, 6.45) is 2.16. The summed E-state index contributed by atoms with van der Waals surface area (Å²) < 4.78 is 5.17. The van der Waals surface area contributed by atoms with Crippen molar-refractivity contribution in [3.8, 4) is 0 Å². The average molecular weight is 230 g/mol. The molecule has 4 heteroatoms. The third-order valence-corrected chi connectivity index (χ3v) is 3.21. The number of nitrogens with zero attached hydrogens (tertiary/aromatic N) is 1. The van der Waals surface area contributed by atoms with Crippen LogP contribution in [0.1, 0.15) is 19.8 Å². The number of nitrogens with one attached hydrogen (secondary N) is 1. The van der Waals surface area contributed by atoms with Crippen molar-refractivity contribution in [3.05, 3.63) is 0 Å². The third kappa shape index (κ3) is 5.25. The van der Waals surface area contributed by atoms with Gasteiger partial charge in [0.25, 0.3) is 0 Å². The second-order valence-corrected chi connectivity index (χ2v) is 4.66. The summed E-state index contributed by atoms with van der Waals surface area (Å²) in [7, 11) is 1.77. The molecule has 2 N–H and O–H groups in total. The van der Waals surface area contributed by atoms with Gasteiger partial charge in [-0.3, -0.25) is 0 Å². The summed E-state index contributed by atoms with van der Waals surface area (Å²) in [5, 5.41) is 12.9. The number of aliphatic hydroxyl groups excluding tert-OH is 1. The third-order valence-electron chi connectivity index (χ3n) is 3.21. The van der Waals surface area contributed by atoms with E-state index in [2.05, 4.69) is 17.1 Å². The van der Waals surface area contributed by atoms with Crippen LogP contribution in [0.3, 0.4) is 0 Å². The number of hydrogen-bond donors (Lipinski definition) is 2. The minimum atomic E-state index is -0.237. The second-order valence-electron chi connectivity index (χ2n) is 4.66. The van der Waals surface area contributed by atoms with Crippen molar-refractivity contribution in [2.75, 3.05) is 46.4 Å². The molecular weight excluding hydrogens is 204 g/mol. The molecule has 1 aliphatic heterocycles. The van der Waals surface area contributed by atoms with Crippen LogP contribution in [-0.2, 0) is 4.74 Å². The Balaban J connectivity index is 2.11. The molecule has 0 aromatic carbocycles. The summed E-state index contributed by atoms with van der Waals surface area (Å²) in [5.74, 6) is 0.715. The highest BCUT2D eigenvalue weighted by molar-refractivity contribution is 4.74. The van der Waals surface area contributed by atoms with Crippen molar-refractivity contribution in [3.63, 3.8) is 0 Å². The number of rotatable bonds is 7. The Morgan fingerprint density at radius 2 is 2.12 bits per heavy atom. The minimum Gasteiger partial charge on any atom is -0.390 e. The van der Waals surface area contributed by atoms with Gasteiger partial charge in [0.2, 0.25) is 0 Å². The summed E-state index contributed by atoms with van der Waals surface area (Å²) in [6, 6.07) is 0. The number of hydrogen-bond acceptors (Lipinski definition) is 4. The number of β-amino-alcohol motifs (C(OH)–C–C–N with tert-alkyl or cyclic N) is 1. The predicted molar refractivity (Wildman–Crippen MR) is 65.6 cm³/mol. The van der Waals surface area contributed by atoms with E-state index >= 15 is 0 Å². The van der Waals surface area contributed by atoms with Gasteiger partial charge in [0.1, 0.15) is 0 Å². The topological polar surface area (TPSA) is 44.7 Å². The fraction of sp³-hybridized carbons (Fsp3) is 1.00. The molecular formula is C12H26N2O2. The zero-order valence-electron chi connectivity index (χ0n) is 10.6. The van der Waals surface area contributed by atoms with E-state index in [9.17, 15) is 5.11 Å². The molecule has 1 rings (SSSR count). The minimum absolute atomic E-state index is 0.237. The molecule has 0 radical (unpaired) electrons. The Labute approximate surface area is 99.0 Å². The highest BCUT2D eigenvalue weighted by atomic mass is 16.5. The zero-order chi connectivity index (χ0) is 11.8. The maximum Gasteiger partial charge on any atom is 0.0791 e. The summed E-state index contributed by atoms with van der Waals surface area (Å²) in [6.45, 7) is 7.55. The van der Waals surface area contributed by atoms with Gasteiger partial charge in [-0.25, -0.2) is 0 Å². The Bertz CT molecular complexity index is 170. The quantitative estimate of drug-likeness (QED) is 0.661. The SMILES string of the molecule is CCNCC(O)CN1CCC(COC)CC1. The van der Waals surface area contributed by atoms with Gasteiger partial charge in [0.05, 0.1) is 6.10 Å². The molecule has 0 bridgehead atoms. The maximum absolute atomic E-state index is 9.77.